The van der Waals surface area contributed by atoms with Crippen molar-refractivity contribution >= 4 is 23.0 Å². The van der Waals surface area contributed by atoms with Gasteiger partial charge in [-0.3, -0.25) is 0 Å². The Morgan fingerprint density at radius 3 is 3.19 bits per heavy atom. The normalized spacial score (nSPS) is 28.1. The molecule has 3 rings (SSSR count). The molecule has 3 aliphatic rings. The largest absolute Gasteiger partial charge is 0.497 e. The average Bonchev–Trinajstić information content (AvgIpc) is 2.57. The van der Waals surface area contributed by atoms with Gasteiger partial charge in [0.05, 0.1) is 19.0 Å². The number of hydrogen-bond donors (Lipinski definition) is 1. The molecule has 0 bridgehead atoms. The molecule has 3 aliphatic heterocycles. The Labute approximate surface area is 102 Å². The Kier molecular flexibility index (Phi) is 2.67. The Morgan fingerprint density at radius 1 is 1.50 bits per heavy atom. The summed E-state index contributed by atoms with van der Waals surface area (Å²) in [5.74, 6) is 0. The van der Waals surface area contributed by atoms with Crippen LogP contribution < -0.4 is 5.73 Å². The highest BCUT2D eigenvalue weighted by atomic mass is 79.9. The van der Waals surface area contributed by atoms with E-state index < -0.39 is 0 Å². The molecule has 84 valence electrons. The van der Waals surface area contributed by atoms with Crippen LogP contribution in [0.5, 0.6) is 0 Å². The Bertz CT molecular complexity index is 418. The van der Waals surface area contributed by atoms with Crippen LogP contribution in [0.15, 0.2) is 33.4 Å². The number of ether oxygens (including phenoxy) is 1. The molecule has 0 spiro atoms. The van der Waals surface area contributed by atoms with Crippen molar-refractivity contribution in [3.63, 3.8) is 0 Å². The maximum atomic E-state index is 5.76. The van der Waals surface area contributed by atoms with Crippen LogP contribution in [0, 0.1) is 0 Å². The lowest BCUT2D eigenvalue weighted by Crippen LogP contribution is -2.38. The van der Waals surface area contributed by atoms with E-state index in [1.165, 1.54) is 0 Å². The van der Waals surface area contributed by atoms with E-state index in [1.54, 1.807) is 6.26 Å². The molecule has 0 saturated heterocycles. The highest BCUT2D eigenvalue weighted by Gasteiger charge is 2.42. The summed E-state index contributed by atoms with van der Waals surface area (Å²) < 4.78 is 17.7. The van der Waals surface area contributed by atoms with Gasteiger partial charge in [-0.1, -0.05) is 15.9 Å². The van der Waals surface area contributed by atoms with Crippen molar-refractivity contribution < 1.29 is 14.0 Å². The fourth-order valence-electron chi connectivity index (χ4n) is 2.15. The predicted octanol–water partition coefficient (Wildman–Crippen LogP) is 0.891. The molecule has 6 heteroatoms. The van der Waals surface area contributed by atoms with Crippen LogP contribution in [0.25, 0.3) is 0 Å². The molecule has 0 fully saturated rings. The third kappa shape index (κ3) is 1.49. The maximum Gasteiger partial charge on any atom is 0.495 e. The summed E-state index contributed by atoms with van der Waals surface area (Å²) in [5.41, 5.74) is 9.02. The van der Waals surface area contributed by atoms with Gasteiger partial charge in [-0.2, -0.15) is 0 Å². The molecule has 0 aromatic rings. The summed E-state index contributed by atoms with van der Waals surface area (Å²) in [7, 11) is -0.286. The van der Waals surface area contributed by atoms with Gasteiger partial charge in [0.2, 0.25) is 0 Å². The number of nitrogens with two attached hydrogens (primary N) is 1. The first-order valence-electron chi connectivity index (χ1n) is 5.18. The minimum atomic E-state index is -0.286. The van der Waals surface area contributed by atoms with Crippen molar-refractivity contribution in [2.45, 2.75) is 6.10 Å². The van der Waals surface area contributed by atoms with Crippen molar-refractivity contribution in [1.82, 2.24) is 0 Å². The van der Waals surface area contributed by atoms with Crippen molar-refractivity contribution in [1.29, 1.82) is 0 Å². The van der Waals surface area contributed by atoms with E-state index in [-0.39, 0.29) is 13.2 Å². The minimum absolute atomic E-state index is 0.133. The molecule has 0 amide bonds. The van der Waals surface area contributed by atoms with Gasteiger partial charge >= 0.3 is 7.12 Å². The quantitative estimate of drug-likeness (QED) is 0.727. The Hall–Kier alpha value is -0.555. The average molecular weight is 284 g/mol. The fourth-order valence-corrected chi connectivity index (χ4v) is 2.79. The van der Waals surface area contributed by atoms with Gasteiger partial charge in [0.25, 0.3) is 0 Å². The zero-order valence-electron chi connectivity index (χ0n) is 8.61. The second-order valence-electron chi connectivity index (χ2n) is 3.90. The first kappa shape index (κ1) is 10.6. The molecule has 0 radical (unpaired) electrons. The van der Waals surface area contributed by atoms with E-state index in [1.807, 2.05) is 6.08 Å². The first-order valence-corrected chi connectivity index (χ1v) is 5.98. The highest BCUT2D eigenvalue weighted by Crippen LogP contribution is 2.38. The second-order valence-corrected chi connectivity index (χ2v) is 4.75. The van der Waals surface area contributed by atoms with Crippen LogP contribution in [-0.4, -0.2) is 33.0 Å². The molecule has 4 nitrogen and oxygen atoms in total. The van der Waals surface area contributed by atoms with Crippen LogP contribution in [0.2, 0.25) is 0 Å². The molecule has 16 heavy (non-hydrogen) atoms. The fraction of sp³-hybridized carbons (Fsp3) is 0.400. The van der Waals surface area contributed by atoms with Gasteiger partial charge < -0.3 is 19.8 Å². The van der Waals surface area contributed by atoms with E-state index in [4.69, 9.17) is 19.8 Å². The van der Waals surface area contributed by atoms with Crippen molar-refractivity contribution in [3.8, 4) is 0 Å². The summed E-state index contributed by atoms with van der Waals surface area (Å²) in [6.45, 7) is 1.58. The van der Waals surface area contributed by atoms with Crippen LogP contribution in [0.1, 0.15) is 0 Å². The van der Waals surface area contributed by atoms with Crippen LogP contribution in [0.3, 0.4) is 0 Å². The van der Waals surface area contributed by atoms with Crippen molar-refractivity contribution in [3.05, 3.63) is 33.4 Å². The summed E-state index contributed by atoms with van der Waals surface area (Å²) in [6, 6.07) is 0. The van der Waals surface area contributed by atoms with Crippen molar-refractivity contribution in [2.24, 2.45) is 5.73 Å². The molecule has 2 N–H and O–H groups in total. The lowest BCUT2D eigenvalue weighted by atomic mass is 9.70. The number of halogens is 1. The lowest BCUT2D eigenvalue weighted by Gasteiger charge is -2.27. The van der Waals surface area contributed by atoms with Crippen LogP contribution >= 0.6 is 15.9 Å². The lowest BCUT2D eigenvalue weighted by molar-refractivity contribution is 0.181. The zero-order chi connectivity index (χ0) is 11.1. The van der Waals surface area contributed by atoms with Gasteiger partial charge in [0, 0.05) is 11.0 Å². The Morgan fingerprint density at radius 2 is 2.38 bits per heavy atom. The summed E-state index contributed by atoms with van der Waals surface area (Å²) in [6.07, 6.45) is 3.52. The zero-order valence-corrected chi connectivity index (χ0v) is 10.2. The molecule has 0 aromatic heterocycles. The molecule has 1 atom stereocenters. The second kappa shape index (κ2) is 4.03. The molecule has 3 heterocycles. The topological polar surface area (TPSA) is 53.7 Å². The molecule has 1 unspecified atom stereocenters. The highest BCUT2D eigenvalue weighted by molar-refractivity contribution is 9.11. The van der Waals surface area contributed by atoms with Gasteiger partial charge in [-0.15, -0.1) is 0 Å². The predicted molar refractivity (Wildman–Crippen MR) is 63.7 cm³/mol. The molecule has 0 aromatic carbocycles. The van der Waals surface area contributed by atoms with Gasteiger partial charge in [-0.25, -0.2) is 0 Å². The standard InChI is InChI=1S/C10H11BBrNO3/c12-10-7-1-2-14-4-6-5-15-11(9(6)7)16-8(10)3-13/h1-2,8H,3-5,13H2. The number of allylic oxidation sites excluding steroid dienone is 3. The monoisotopic (exact) mass is 283 g/mol. The van der Waals surface area contributed by atoms with Gasteiger partial charge in [0.15, 0.2) is 0 Å². The maximum absolute atomic E-state index is 5.76. The van der Waals surface area contributed by atoms with E-state index in [2.05, 4.69) is 15.9 Å². The van der Waals surface area contributed by atoms with E-state index in [9.17, 15) is 0 Å². The summed E-state index contributed by atoms with van der Waals surface area (Å²) >= 11 is 3.55. The third-order valence-electron chi connectivity index (χ3n) is 2.95. The van der Waals surface area contributed by atoms with Gasteiger partial charge in [-0.05, 0) is 22.7 Å². The smallest absolute Gasteiger partial charge is 0.495 e. The van der Waals surface area contributed by atoms with Gasteiger partial charge in [0.1, 0.15) is 6.61 Å². The van der Waals surface area contributed by atoms with E-state index >= 15 is 0 Å². The molecule has 0 saturated carbocycles. The number of hydrogen-bond acceptors (Lipinski definition) is 4. The third-order valence-corrected chi connectivity index (χ3v) is 3.88. The Balaban J connectivity index is 2.13. The SMILES string of the molecule is NCC1OB2OCC3=C2C(=C1Br)C=COC3. The molecular weight excluding hydrogens is 273 g/mol. The molecular formula is C10H11BBrNO3. The van der Waals surface area contributed by atoms with E-state index in [0.29, 0.717) is 19.8 Å². The minimum Gasteiger partial charge on any atom is -0.497 e. The summed E-state index contributed by atoms with van der Waals surface area (Å²) in [4.78, 5) is 0. The van der Waals surface area contributed by atoms with Crippen LogP contribution in [-0.2, 0) is 14.0 Å². The molecule has 0 aliphatic carbocycles. The van der Waals surface area contributed by atoms with E-state index in [0.717, 1.165) is 21.1 Å². The van der Waals surface area contributed by atoms with Crippen molar-refractivity contribution in [2.75, 3.05) is 19.8 Å². The number of rotatable bonds is 1. The summed E-state index contributed by atoms with van der Waals surface area (Å²) in [5, 5.41) is 0. The first-order chi connectivity index (χ1) is 7.81. The van der Waals surface area contributed by atoms with Crippen LogP contribution in [0.4, 0.5) is 0 Å².